The lowest BCUT2D eigenvalue weighted by Gasteiger charge is -2.36. The van der Waals surface area contributed by atoms with E-state index in [-0.39, 0.29) is 11.7 Å². The van der Waals surface area contributed by atoms with Gasteiger partial charge in [0.2, 0.25) is 0 Å². The highest BCUT2D eigenvalue weighted by atomic mass is 16.6. The highest BCUT2D eigenvalue weighted by Crippen LogP contribution is 2.18. The highest BCUT2D eigenvalue weighted by Gasteiger charge is 2.26. The molecular formula is C19H22N4O4. The molecule has 1 amide bonds. The van der Waals surface area contributed by atoms with E-state index in [0.29, 0.717) is 32.8 Å². The van der Waals surface area contributed by atoms with Gasteiger partial charge in [-0.1, -0.05) is 30.3 Å². The average molecular weight is 370 g/mol. The first-order valence-corrected chi connectivity index (χ1v) is 8.84. The van der Waals surface area contributed by atoms with Crippen molar-refractivity contribution in [2.75, 3.05) is 31.1 Å². The summed E-state index contributed by atoms with van der Waals surface area (Å²) < 4.78 is 5.71. The minimum absolute atomic E-state index is 0.0209. The molecule has 1 atom stereocenters. The maximum atomic E-state index is 12.6. The summed E-state index contributed by atoms with van der Waals surface area (Å²) in [5, 5.41) is 10.7. The van der Waals surface area contributed by atoms with Crippen molar-refractivity contribution in [1.29, 1.82) is 0 Å². The number of ether oxygens (including phenoxy) is 1. The third kappa shape index (κ3) is 4.79. The largest absolute Gasteiger partial charge is 0.365 e. The van der Waals surface area contributed by atoms with Gasteiger partial charge in [0.05, 0.1) is 12.3 Å². The fraction of sp³-hybridized carbons (Fsp3) is 0.368. The summed E-state index contributed by atoms with van der Waals surface area (Å²) in [5.74, 6) is -0.190. The second-order valence-electron chi connectivity index (χ2n) is 6.38. The van der Waals surface area contributed by atoms with Gasteiger partial charge in [-0.3, -0.25) is 4.79 Å². The van der Waals surface area contributed by atoms with Crippen molar-refractivity contribution >= 4 is 17.4 Å². The lowest BCUT2D eigenvalue weighted by molar-refractivity contribution is -0.389. The molecule has 0 N–H and O–H groups in total. The smallest absolute Gasteiger partial charge is 0.363 e. The van der Waals surface area contributed by atoms with Gasteiger partial charge in [-0.15, -0.1) is 0 Å². The number of carbonyl (C=O) groups excluding carboxylic acids is 1. The summed E-state index contributed by atoms with van der Waals surface area (Å²) in [4.78, 5) is 30.5. The van der Waals surface area contributed by atoms with Gasteiger partial charge in [-0.2, -0.15) is 0 Å². The van der Waals surface area contributed by atoms with E-state index in [4.69, 9.17) is 4.74 Å². The third-order valence-corrected chi connectivity index (χ3v) is 4.57. The van der Waals surface area contributed by atoms with Crippen LogP contribution in [-0.2, 0) is 16.1 Å². The number of amides is 1. The highest BCUT2D eigenvalue weighted by molar-refractivity contribution is 5.80. The Morgan fingerprint density at radius 1 is 1.19 bits per heavy atom. The number of anilines is 1. The van der Waals surface area contributed by atoms with Crippen molar-refractivity contribution in [2.24, 2.45) is 0 Å². The van der Waals surface area contributed by atoms with Crippen LogP contribution in [0.1, 0.15) is 12.5 Å². The first kappa shape index (κ1) is 18.8. The van der Waals surface area contributed by atoms with E-state index in [1.165, 1.54) is 12.3 Å². The van der Waals surface area contributed by atoms with Crippen LogP contribution in [0.4, 0.5) is 11.5 Å². The molecule has 1 aromatic carbocycles. The van der Waals surface area contributed by atoms with Gasteiger partial charge < -0.3 is 24.7 Å². The number of aromatic nitrogens is 1. The molecule has 8 nitrogen and oxygen atoms in total. The molecule has 0 aliphatic carbocycles. The molecule has 8 heteroatoms. The van der Waals surface area contributed by atoms with Crippen LogP contribution in [0.25, 0.3) is 0 Å². The SMILES string of the molecule is C[C@H](OCc1ccccc1)C(=O)N1CCN(c2ccc([N+](=O)[O-])nc2)CC1. The maximum absolute atomic E-state index is 12.6. The quantitative estimate of drug-likeness (QED) is 0.572. The zero-order chi connectivity index (χ0) is 19.2. The molecule has 3 rings (SSSR count). The van der Waals surface area contributed by atoms with Gasteiger partial charge in [0.1, 0.15) is 6.10 Å². The lowest BCUT2D eigenvalue weighted by atomic mass is 10.2. The van der Waals surface area contributed by atoms with Gasteiger partial charge in [0.25, 0.3) is 5.91 Å². The second kappa shape index (κ2) is 8.59. The Morgan fingerprint density at radius 2 is 1.89 bits per heavy atom. The normalized spacial score (nSPS) is 15.4. The predicted octanol–water partition coefficient (Wildman–Crippen LogP) is 2.24. The minimum atomic E-state index is -0.517. The van der Waals surface area contributed by atoms with Gasteiger partial charge in [-0.05, 0) is 28.5 Å². The summed E-state index contributed by atoms with van der Waals surface area (Å²) in [7, 11) is 0. The van der Waals surface area contributed by atoms with E-state index in [1.807, 2.05) is 30.3 Å². The van der Waals surface area contributed by atoms with Gasteiger partial charge in [0, 0.05) is 32.2 Å². The summed E-state index contributed by atoms with van der Waals surface area (Å²) in [6.07, 6.45) is 0.999. The molecule has 1 fully saturated rings. The number of benzene rings is 1. The third-order valence-electron chi connectivity index (χ3n) is 4.57. The van der Waals surface area contributed by atoms with Crippen molar-refractivity contribution in [3.63, 3.8) is 0 Å². The van der Waals surface area contributed by atoms with Crippen molar-refractivity contribution < 1.29 is 14.5 Å². The number of nitro groups is 1. The van der Waals surface area contributed by atoms with E-state index in [1.54, 1.807) is 17.9 Å². The summed E-state index contributed by atoms with van der Waals surface area (Å²) in [5.41, 5.74) is 1.86. The lowest BCUT2D eigenvalue weighted by Crippen LogP contribution is -2.51. The van der Waals surface area contributed by atoms with Crippen molar-refractivity contribution in [1.82, 2.24) is 9.88 Å². The molecule has 0 bridgehead atoms. The number of rotatable bonds is 6. The summed E-state index contributed by atoms with van der Waals surface area (Å²) in [6, 6.07) is 12.8. The molecule has 0 unspecified atom stereocenters. The Balaban J connectivity index is 1.49. The van der Waals surface area contributed by atoms with E-state index >= 15 is 0 Å². The molecule has 1 aliphatic heterocycles. The maximum Gasteiger partial charge on any atom is 0.363 e. The molecule has 1 aliphatic rings. The van der Waals surface area contributed by atoms with Crippen LogP contribution in [0.15, 0.2) is 48.7 Å². The van der Waals surface area contributed by atoms with Crippen LogP contribution < -0.4 is 4.90 Å². The molecule has 1 saturated heterocycles. The zero-order valence-corrected chi connectivity index (χ0v) is 15.2. The van der Waals surface area contributed by atoms with Crippen molar-refractivity contribution in [3.05, 3.63) is 64.3 Å². The van der Waals surface area contributed by atoms with E-state index < -0.39 is 11.0 Å². The number of nitrogens with zero attached hydrogens (tertiary/aromatic N) is 4. The Hall–Kier alpha value is -3.00. The van der Waals surface area contributed by atoms with E-state index in [9.17, 15) is 14.9 Å². The first-order chi connectivity index (χ1) is 13.0. The number of carbonyl (C=O) groups is 1. The van der Waals surface area contributed by atoms with Crippen molar-refractivity contribution in [3.8, 4) is 0 Å². The topological polar surface area (TPSA) is 88.8 Å². The fourth-order valence-electron chi connectivity index (χ4n) is 2.98. The van der Waals surface area contributed by atoms with Gasteiger partial charge >= 0.3 is 5.82 Å². The van der Waals surface area contributed by atoms with Crippen molar-refractivity contribution in [2.45, 2.75) is 19.6 Å². The van der Waals surface area contributed by atoms with Crippen LogP contribution in [0.2, 0.25) is 0 Å². The molecule has 142 valence electrons. The monoisotopic (exact) mass is 370 g/mol. The summed E-state index contributed by atoms with van der Waals surface area (Å²) >= 11 is 0. The average Bonchev–Trinajstić information content (AvgIpc) is 2.72. The van der Waals surface area contributed by atoms with E-state index in [0.717, 1.165) is 11.3 Å². The molecular weight excluding hydrogens is 348 g/mol. The van der Waals surface area contributed by atoms with Crippen LogP contribution in [0.3, 0.4) is 0 Å². The minimum Gasteiger partial charge on any atom is -0.365 e. The Labute approximate surface area is 157 Å². The van der Waals surface area contributed by atoms with Gasteiger partial charge in [-0.25, -0.2) is 0 Å². The second-order valence-corrected chi connectivity index (χ2v) is 6.38. The van der Waals surface area contributed by atoms with Crippen LogP contribution in [0.5, 0.6) is 0 Å². The molecule has 0 spiro atoms. The van der Waals surface area contributed by atoms with E-state index in [2.05, 4.69) is 9.88 Å². The Bertz CT molecular complexity index is 774. The zero-order valence-electron chi connectivity index (χ0n) is 15.2. The van der Waals surface area contributed by atoms with Crippen LogP contribution in [-0.4, -0.2) is 53.0 Å². The molecule has 2 heterocycles. The molecule has 0 saturated carbocycles. The Morgan fingerprint density at radius 3 is 2.48 bits per heavy atom. The number of hydrogen-bond donors (Lipinski definition) is 0. The first-order valence-electron chi connectivity index (χ1n) is 8.84. The number of hydrogen-bond acceptors (Lipinski definition) is 6. The predicted molar refractivity (Wildman–Crippen MR) is 100 cm³/mol. The standard InChI is InChI=1S/C19H22N4O4/c1-15(27-14-16-5-3-2-4-6-16)19(24)22-11-9-21(10-12-22)17-7-8-18(20-13-17)23(25)26/h2-8,13,15H,9-12,14H2,1H3/t15-/m0/s1. The van der Waals surface area contributed by atoms with Gasteiger partial charge in [0.15, 0.2) is 6.20 Å². The van der Waals surface area contributed by atoms with Crippen LogP contribution >= 0.6 is 0 Å². The molecule has 27 heavy (non-hydrogen) atoms. The Kier molecular flexibility index (Phi) is 5.97. The molecule has 2 aromatic rings. The number of pyridine rings is 1. The van der Waals surface area contributed by atoms with Crippen LogP contribution in [0, 0.1) is 10.1 Å². The fourth-order valence-corrected chi connectivity index (χ4v) is 2.98. The summed E-state index contributed by atoms with van der Waals surface area (Å²) in [6.45, 7) is 4.64. The molecule has 1 aromatic heterocycles. The number of piperazine rings is 1. The molecule has 0 radical (unpaired) electrons.